The number of urea groups is 1. The Morgan fingerprint density at radius 3 is 2.63 bits per heavy atom. The standard InChI is InChI=1S/C29H29F2N7O5/c1-17-24(18-9-10-32-22(14-18)28(39)42-3)36-38(20-7-5-4-6-8-20)27(17)35-29(40)34-23-16-37(11-12-41-2)43-25(23)19-13-21(30)26(31)33-15-19/h4-10,13-15,23,25H,11-12,16H2,1-3H3,(H2,34,35,40)/t23-,25+/m1/s1. The smallest absolute Gasteiger partial charge is 0.356 e. The molecule has 4 heterocycles. The zero-order valence-electron chi connectivity index (χ0n) is 23.6. The van der Waals surface area contributed by atoms with E-state index in [0.29, 0.717) is 41.5 Å². The molecular formula is C29H29F2N7O5. The van der Waals surface area contributed by atoms with Gasteiger partial charge in [0.1, 0.15) is 17.6 Å². The monoisotopic (exact) mass is 593 g/mol. The highest BCUT2D eigenvalue weighted by molar-refractivity contribution is 5.92. The third kappa shape index (κ3) is 6.51. The van der Waals surface area contributed by atoms with Crippen LogP contribution >= 0.6 is 0 Å². The molecule has 1 saturated heterocycles. The normalized spacial score (nSPS) is 16.7. The van der Waals surface area contributed by atoms with Crippen LogP contribution in [0.25, 0.3) is 16.9 Å². The number of ether oxygens (including phenoxy) is 2. The third-order valence-electron chi connectivity index (χ3n) is 6.82. The Labute approximate surface area is 245 Å². The zero-order chi connectivity index (χ0) is 30.5. The molecule has 3 aromatic heterocycles. The number of hydrogen-bond acceptors (Lipinski definition) is 9. The highest BCUT2D eigenvalue weighted by Gasteiger charge is 2.37. The van der Waals surface area contributed by atoms with Gasteiger partial charge in [0.2, 0.25) is 5.95 Å². The average molecular weight is 594 g/mol. The number of methoxy groups -OCH3 is 2. The van der Waals surface area contributed by atoms with Gasteiger partial charge >= 0.3 is 12.0 Å². The van der Waals surface area contributed by atoms with Gasteiger partial charge in [0, 0.05) is 49.3 Å². The number of hydroxylamine groups is 2. The van der Waals surface area contributed by atoms with E-state index in [4.69, 9.17) is 19.4 Å². The molecular weight excluding hydrogens is 564 g/mol. The molecule has 1 aliphatic heterocycles. The molecule has 0 unspecified atom stereocenters. The Hall–Kier alpha value is -4.79. The van der Waals surface area contributed by atoms with Crippen molar-refractivity contribution >= 4 is 17.8 Å². The van der Waals surface area contributed by atoms with E-state index in [0.717, 1.165) is 6.07 Å². The van der Waals surface area contributed by atoms with Crippen molar-refractivity contribution in [2.75, 3.05) is 39.2 Å². The number of aromatic nitrogens is 4. The lowest BCUT2D eigenvalue weighted by atomic mass is 10.0. The quantitative estimate of drug-likeness (QED) is 0.220. The molecule has 1 aromatic carbocycles. The first-order chi connectivity index (χ1) is 20.8. The lowest BCUT2D eigenvalue weighted by Crippen LogP contribution is -2.42. The molecule has 14 heteroatoms. The van der Waals surface area contributed by atoms with Crippen molar-refractivity contribution in [2.45, 2.75) is 19.1 Å². The predicted molar refractivity (Wildman–Crippen MR) is 150 cm³/mol. The maximum absolute atomic E-state index is 14.0. The number of halogens is 2. The van der Waals surface area contributed by atoms with Crippen LogP contribution in [0.15, 0.2) is 60.9 Å². The van der Waals surface area contributed by atoms with Crippen LogP contribution in [0.2, 0.25) is 0 Å². The number of amides is 2. The lowest BCUT2D eigenvalue weighted by molar-refractivity contribution is -0.154. The second kappa shape index (κ2) is 13.0. The van der Waals surface area contributed by atoms with E-state index in [1.165, 1.54) is 19.5 Å². The van der Waals surface area contributed by atoms with Crippen LogP contribution in [-0.4, -0.2) is 76.8 Å². The summed E-state index contributed by atoms with van der Waals surface area (Å²) in [6.07, 6.45) is 1.81. The zero-order valence-corrected chi connectivity index (χ0v) is 23.6. The number of rotatable bonds is 9. The molecule has 4 aromatic rings. The van der Waals surface area contributed by atoms with Crippen molar-refractivity contribution in [1.82, 2.24) is 30.1 Å². The van der Waals surface area contributed by atoms with Gasteiger partial charge in [0.05, 0.1) is 31.1 Å². The number of esters is 1. The van der Waals surface area contributed by atoms with Crippen LogP contribution in [0.4, 0.5) is 19.4 Å². The minimum absolute atomic E-state index is 0.109. The van der Waals surface area contributed by atoms with Gasteiger partial charge in [-0.2, -0.15) is 14.6 Å². The molecule has 2 amide bonds. The van der Waals surface area contributed by atoms with Gasteiger partial charge in [-0.3, -0.25) is 10.2 Å². The van der Waals surface area contributed by atoms with Crippen molar-refractivity contribution in [3.63, 3.8) is 0 Å². The number of nitrogens with one attached hydrogen (secondary N) is 2. The molecule has 1 aliphatic rings. The van der Waals surface area contributed by atoms with E-state index in [1.807, 2.05) is 30.3 Å². The summed E-state index contributed by atoms with van der Waals surface area (Å²) in [5, 5.41) is 12.1. The SMILES string of the molecule is COCCN1C[C@@H](NC(=O)Nc2c(C)c(-c3ccnc(C(=O)OC)c3)nn2-c2ccccc2)[C@H](c2cnc(F)c(F)c2)O1. The van der Waals surface area contributed by atoms with Crippen LogP contribution in [0, 0.1) is 18.7 Å². The van der Waals surface area contributed by atoms with E-state index in [2.05, 4.69) is 20.6 Å². The van der Waals surface area contributed by atoms with Crippen molar-refractivity contribution in [3.8, 4) is 16.9 Å². The molecule has 224 valence electrons. The summed E-state index contributed by atoms with van der Waals surface area (Å²) in [7, 11) is 2.82. The number of pyridine rings is 2. The van der Waals surface area contributed by atoms with Gasteiger partial charge in [0.25, 0.3) is 0 Å². The Morgan fingerprint density at radius 1 is 1.12 bits per heavy atom. The second-order valence-corrected chi connectivity index (χ2v) is 9.64. The number of carbonyl (C=O) groups is 2. The summed E-state index contributed by atoms with van der Waals surface area (Å²) >= 11 is 0. The molecule has 2 atom stereocenters. The number of benzene rings is 1. The van der Waals surface area contributed by atoms with E-state index in [1.54, 1.807) is 35.9 Å². The van der Waals surface area contributed by atoms with Crippen LogP contribution in [-0.2, 0) is 14.3 Å². The Bertz CT molecular complexity index is 1620. The number of nitrogens with zero attached hydrogens (tertiary/aromatic N) is 5. The number of anilines is 1. The Balaban J connectivity index is 1.45. The summed E-state index contributed by atoms with van der Waals surface area (Å²) < 4.78 is 39.1. The first-order valence-corrected chi connectivity index (χ1v) is 13.3. The molecule has 43 heavy (non-hydrogen) atoms. The predicted octanol–water partition coefficient (Wildman–Crippen LogP) is 3.83. The molecule has 0 radical (unpaired) electrons. The molecule has 5 rings (SSSR count). The van der Waals surface area contributed by atoms with Gasteiger partial charge in [-0.05, 0) is 37.3 Å². The Kier molecular flexibility index (Phi) is 8.99. The van der Waals surface area contributed by atoms with Crippen molar-refractivity contribution < 1.29 is 32.7 Å². The largest absolute Gasteiger partial charge is 0.464 e. The summed E-state index contributed by atoms with van der Waals surface area (Å²) in [6, 6.07) is 12.2. The van der Waals surface area contributed by atoms with Gasteiger partial charge in [-0.1, -0.05) is 18.2 Å². The summed E-state index contributed by atoms with van der Waals surface area (Å²) in [5.74, 6) is -2.57. The third-order valence-corrected chi connectivity index (χ3v) is 6.82. The van der Waals surface area contributed by atoms with E-state index in [-0.39, 0.29) is 17.8 Å². The average Bonchev–Trinajstić information content (AvgIpc) is 3.57. The fourth-order valence-corrected chi connectivity index (χ4v) is 4.71. The number of hydrogen-bond donors (Lipinski definition) is 2. The van der Waals surface area contributed by atoms with E-state index in [9.17, 15) is 18.4 Å². The highest BCUT2D eigenvalue weighted by Crippen LogP contribution is 2.32. The minimum Gasteiger partial charge on any atom is -0.464 e. The minimum atomic E-state index is -1.23. The summed E-state index contributed by atoms with van der Waals surface area (Å²) in [5.41, 5.74) is 2.76. The van der Waals surface area contributed by atoms with Gasteiger partial charge in [-0.25, -0.2) is 28.6 Å². The van der Waals surface area contributed by atoms with Crippen molar-refractivity contribution in [2.24, 2.45) is 0 Å². The molecule has 2 N–H and O–H groups in total. The van der Waals surface area contributed by atoms with Crippen LogP contribution in [0.3, 0.4) is 0 Å². The second-order valence-electron chi connectivity index (χ2n) is 9.64. The summed E-state index contributed by atoms with van der Waals surface area (Å²) in [4.78, 5) is 39.0. The molecule has 0 saturated carbocycles. The maximum atomic E-state index is 14.0. The number of carbonyl (C=O) groups excluding carboxylic acids is 2. The summed E-state index contributed by atoms with van der Waals surface area (Å²) in [6.45, 7) is 2.77. The molecule has 1 fully saturated rings. The fourth-order valence-electron chi connectivity index (χ4n) is 4.71. The first-order valence-electron chi connectivity index (χ1n) is 13.3. The van der Waals surface area contributed by atoms with Gasteiger partial charge < -0.3 is 14.8 Å². The fraction of sp³-hybridized carbons (Fsp3) is 0.276. The van der Waals surface area contributed by atoms with Crippen LogP contribution < -0.4 is 10.6 Å². The van der Waals surface area contributed by atoms with Crippen molar-refractivity contribution in [1.29, 1.82) is 0 Å². The van der Waals surface area contributed by atoms with E-state index < -0.39 is 35.9 Å². The Morgan fingerprint density at radius 2 is 1.91 bits per heavy atom. The van der Waals surface area contributed by atoms with Crippen LogP contribution in [0.5, 0.6) is 0 Å². The van der Waals surface area contributed by atoms with E-state index >= 15 is 0 Å². The van der Waals surface area contributed by atoms with Gasteiger partial charge in [0.15, 0.2) is 5.82 Å². The first kappa shape index (κ1) is 29.7. The molecule has 0 spiro atoms. The van der Waals surface area contributed by atoms with Crippen molar-refractivity contribution in [3.05, 3.63) is 89.5 Å². The number of para-hydroxylation sites is 1. The topological polar surface area (TPSA) is 133 Å². The molecule has 0 bridgehead atoms. The lowest BCUT2D eigenvalue weighted by Gasteiger charge is -2.19. The maximum Gasteiger partial charge on any atom is 0.356 e. The molecule has 12 nitrogen and oxygen atoms in total. The van der Waals surface area contributed by atoms with Gasteiger partial charge in [-0.15, -0.1) is 0 Å². The van der Waals surface area contributed by atoms with Crippen LogP contribution in [0.1, 0.15) is 27.7 Å². The molecule has 0 aliphatic carbocycles. The highest BCUT2D eigenvalue weighted by atomic mass is 19.2.